The maximum atomic E-state index is 5.77. The molecule has 0 aromatic carbocycles. The van der Waals surface area contributed by atoms with E-state index < -0.39 is 0 Å². The summed E-state index contributed by atoms with van der Waals surface area (Å²) in [6.45, 7) is 5.48. The van der Waals surface area contributed by atoms with Gasteiger partial charge < -0.3 is 15.8 Å². The summed E-state index contributed by atoms with van der Waals surface area (Å²) in [6, 6.07) is 0. The Hall–Kier alpha value is -0.770. The van der Waals surface area contributed by atoms with Gasteiger partial charge in [-0.15, -0.1) is 0 Å². The molecule has 1 fully saturated rings. The van der Waals surface area contributed by atoms with Gasteiger partial charge in [0.1, 0.15) is 0 Å². The van der Waals surface area contributed by atoms with E-state index in [1.807, 2.05) is 0 Å². The Balaban J connectivity index is 1.81. The number of nitrogens with zero attached hydrogens (tertiary/aromatic N) is 1. The number of unbranched alkanes of at least 4 members (excludes halogenated alkanes) is 5. The predicted molar refractivity (Wildman–Crippen MR) is 81.4 cm³/mol. The Morgan fingerprint density at radius 1 is 1.21 bits per heavy atom. The van der Waals surface area contributed by atoms with Gasteiger partial charge in [0, 0.05) is 19.7 Å². The van der Waals surface area contributed by atoms with Gasteiger partial charge in [0.2, 0.25) is 0 Å². The van der Waals surface area contributed by atoms with Crippen molar-refractivity contribution in [2.45, 2.75) is 58.3 Å². The zero-order chi connectivity index (χ0) is 13.8. The minimum absolute atomic E-state index is 0.559. The lowest BCUT2D eigenvalue weighted by Gasteiger charge is -2.06. The standard InChI is InChI=1S/C15H31N3O/c1-2-3-4-5-6-7-10-17-15(16)18-11-12-19-13-14-8-9-14/h14H,2-13H2,1H3,(H3,16,17,18). The van der Waals surface area contributed by atoms with Gasteiger partial charge >= 0.3 is 0 Å². The van der Waals surface area contributed by atoms with Gasteiger partial charge in [0.05, 0.1) is 6.61 Å². The lowest BCUT2D eigenvalue weighted by atomic mass is 10.1. The molecular formula is C15H31N3O. The van der Waals surface area contributed by atoms with E-state index in [4.69, 9.17) is 10.5 Å². The maximum absolute atomic E-state index is 5.77. The summed E-state index contributed by atoms with van der Waals surface area (Å²) < 4.78 is 5.52. The van der Waals surface area contributed by atoms with Crippen LogP contribution >= 0.6 is 0 Å². The Bertz CT molecular complexity index is 240. The molecule has 3 N–H and O–H groups in total. The highest BCUT2D eigenvalue weighted by Crippen LogP contribution is 2.28. The topological polar surface area (TPSA) is 59.6 Å². The van der Waals surface area contributed by atoms with Gasteiger partial charge in [-0.05, 0) is 25.2 Å². The summed E-state index contributed by atoms with van der Waals surface area (Å²) in [5.74, 6) is 1.39. The van der Waals surface area contributed by atoms with Gasteiger partial charge in [-0.2, -0.15) is 0 Å². The molecule has 19 heavy (non-hydrogen) atoms. The predicted octanol–water partition coefficient (Wildman–Crippen LogP) is 2.68. The van der Waals surface area contributed by atoms with Crippen LogP contribution in [0.15, 0.2) is 4.99 Å². The molecule has 0 saturated heterocycles. The lowest BCUT2D eigenvalue weighted by Crippen LogP contribution is -2.34. The molecule has 0 bridgehead atoms. The van der Waals surface area contributed by atoms with E-state index in [1.54, 1.807) is 0 Å². The van der Waals surface area contributed by atoms with Gasteiger partial charge in [-0.3, -0.25) is 4.99 Å². The number of rotatable bonds is 12. The monoisotopic (exact) mass is 269 g/mol. The summed E-state index contributed by atoms with van der Waals surface area (Å²) in [5, 5.41) is 3.09. The third kappa shape index (κ3) is 10.8. The van der Waals surface area contributed by atoms with Crippen molar-refractivity contribution in [1.29, 1.82) is 0 Å². The van der Waals surface area contributed by atoms with Crippen LogP contribution in [0, 0.1) is 5.92 Å². The first-order valence-corrected chi connectivity index (χ1v) is 7.94. The fourth-order valence-corrected chi connectivity index (χ4v) is 1.93. The second kappa shape index (κ2) is 11.1. The van der Waals surface area contributed by atoms with Crippen molar-refractivity contribution in [2.24, 2.45) is 16.6 Å². The minimum atomic E-state index is 0.559. The lowest BCUT2D eigenvalue weighted by molar-refractivity contribution is 0.129. The third-order valence-electron chi connectivity index (χ3n) is 3.40. The molecule has 0 amide bonds. The number of guanidine groups is 1. The van der Waals surface area contributed by atoms with Crippen LogP contribution in [0.5, 0.6) is 0 Å². The van der Waals surface area contributed by atoms with Crippen molar-refractivity contribution in [1.82, 2.24) is 5.32 Å². The highest BCUT2D eigenvalue weighted by atomic mass is 16.5. The van der Waals surface area contributed by atoms with E-state index in [0.717, 1.165) is 38.6 Å². The Labute approximate surface area is 118 Å². The molecule has 112 valence electrons. The van der Waals surface area contributed by atoms with E-state index in [9.17, 15) is 0 Å². The number of hydrogen-bond donors (Lipinski definition) is 2. The maximum Gasteiger partial charge on any atom is 0.188 e. The summed E-state index contributed by atoms with van der Waals surface area (Å²) in [5.41, 5.74) is 5.77. The molecule has 0 aromatic rings. The molecule has 1 aliphatic carbocycles. The van der Waals surface area contributed by atoms with Crippen LogP contribution in [-0.4, -0.2) is 32.3 Å². The van der Waals surface area contributed by atoms with Crippen molar-refractivity contribution in [2.75, 3.05) is 26.3 Å². The summed E-state index contributed by atoms with van der Waals surface area (Å²) in [7, 11) is 0. The zero-order valence-corrected chi connectivity index (χ0v) is 12.5. The molecule has 4 heteroatoms. The van der Waals surface area contributed by atoms with Gasteiger partial charge in [-0.25, -0.2) is 0 Å². The molecule has 1 aliphatic rings. The number of nitrogens with one attached hydrogen (secondary N) is 1. The molecule has 0 unspecified atom stereocenters. The SMILES string of the molecule is CCCCCCCCN=C(N)NCCOCC1CC1. The van der Waals surface area contributed by atoms with E-state index >= 15 is 0 Å². The fraction of sp³-hybridized carbons (Fsp3) is 0.933. The van der Waals surface area contributed by atoms with Crippen molar-refractivity contribution in [3.05, 3.63) is 0 Å². The average Bonchev–Trinajstić information content (AvgIpc) is 3.21. The molecule has 0 aromatic heterocycles. The van der Waals surface area contributed by atoms with E-state index in [-0.39, 0.29) is 0 Å². The molecule has 0 radical (unpaired) electrons. The molecular weight excluding hydrogens is 238 g/mol. The zero-order valence-electron chi connectivity index (χ0n) is 12.5. The minimum Gasteiger partial charge on any atom is -0.379 e. The molecule has 0 atom stereocenters. The van der Waals surface area contributed by atoms with Crippen LogP contribution in [0.3, 0.4) is 0 Å². The Morgan fingerprint density at radius 3 is 2.68 bits per heavy atom. The second-order valence-corrected chi connectivity index (χ2v) is 5.48. The largest absolute Gasteiger partial charge is 0.379 e. The van der Waals surface area contributed by atoms with E-state index in [1.165, 1.54) is 44.9 Å². The quantitative estimate of drug-likeness (QED) is 0.325. The van der Waals surface area contributed by atoms with E-state index in [0.29, 0.717) is 5.96 Å². The van der Waals surface area contributed by atoms with Crippen molar-refractivity contribution >= 4 is 5.96 Å². The molecule has 0 spiro atoms. The molecule has 0 aliphatic heterocycles. The number of ether oxygens (including phenoxy) is 1. The Kier molecular flexibility index (Phi) is 9.51. The Morgan fingerprint density at radius 2 is 1.95 bits per heavy atom. The normalized spacial score (nSPS) is 15.7. The first-order valence-electron chi connectivity index (χ1n) is 7.94. The highest BCUT2D eigenvalue weighted by molar-refractivity contribution is 5.77. The van der Waals surface area contributed by atoms with Crippen LogP contribution in [0.1, 0.15) is 58.3 Å². The molecule has 0 heterocycles. The summed E-state index contributed by atoms with van der Waals surface area (Å²) in [4.78, 5) is 4.31. The van der Waals surface area contributed by atoms with Crippen molar-refractivity contribution in [3.8, 4) is 0 Å². The number of hydrogen-bond acceptors (Lipinski definition) is 2. The first-order chi connectivity index (χ1) is 9.33. The second-order valence-electron chi connectivity index (χ2n) is 5.48. The summed E-state index contributed by atoms with van der Waals surface area (Å²) >= 11 is 0. The van der Waals surface area contributed by atoms with Crippen LogP contribution in [0.2, 0.25) is 0 Å². The van der Waals surface area contributed by atoms with Crippen LogP contribution in [0.25, 0.3) is 0 Å². The van der Waals surface area contributed by atoms with Crippen LogP contribution < -0.4 is 11.1 Å². The summed E-state index contributed by atoms with van der Waals surface area (Å²) in [6.07, 6.45) is 10.4. The van der Waals surface area contributed by atoms with Crippen molar-refractivity contribution in [3.63, 3.8) is 0 Å². The van der Waals surface area contributed by atoms with Crippen molar-refractivity contribution < 1.29 is 4.74 Å². The van der Waals surface area contributed by atoms with E-state index in [2.05, 4.69) is 17.2 Å². The van der Waals surface area contributed by atoms with Crippen LogP contribution in [0.4, 0.5) is 0 Å². The van der Waals surface area contributed by atoms with Crippen LogP contribution in [-0.2, 0) is 4.74 Å². The van der Waals surface area contributed by atoms with Gasteiger partial charge in [0.15, 0.2) is 5.96 Å². The van der Waals surface area contributed by atoms with Gasteiger partial charge in [-0.1, -0.05) is 39.0 Å². The third-order valence-corrected chi connectivity index (χ3v) is 3.40. The number of aliphatic imine (C=N–C) groups is 1. The van der Waals surface area contributed by atoms with Gasteiger partial charge in [0.25, 0.3) is 0 Å². The average molecular weight is 269 g/mol. The molecule has 1 saturated carbocycles. The smallest absolute Gasteiger partial charge is 0.188 e. The fourth-order valence-electron chi connectivity index (χ4n) is 1.93. The highest BCUT2D eigenvalue weighted by Gasteiger charge is 2.20. The first kappa shape index (κ1) is 16.3. The molecule has 4 nitrogen and oxygen atoms in total. The number of nitrogens with two attached hydrogens (primary N) is 1. The molecule has 1 rings (SSSR count).